The fourth-order valence-electron chi connectivity index (χ4n) is 8.41. The van der Waals surface area contributed by atoms with Crippen molar-refractivity contribution in [3.63, 3.8) is 0 Å². The number of nitrogens with one attached hydrogen (secondary N) is 1. The van der Waals surface area contributed by atoms with Crippen LogP contribution < -0.4 is 19.9 Å². The molecule has 3 aromatic rings. The molecule has 2 aromatic heterocycles. The van der Waals surface area contributed by atoms with Crippen molar-refractivity contribution in [3.05, 3.63) is 34.7 Å². The van der Waals surface area contributed by atoms with Crippen LogP contribution >= 0.6 is 11.6 Å². The van der Waals surface area contributed by atoms with Crippen LogP contribution in [-0.4, -0.2) is 82.8 Å². The van der Waals surface area contributed by atoms with Crippen LogP contribution in [0.4, 0.5) is 28.9 Å². The Balaban J connectivity index is 1.34. The van der Waals surface area contributed by atoms with E-state index in [1.807, 2.05) is 4.90 Å². The first-order chi connectivity index (χ1) is 21.5. The summed E-state index contributed by atoms with van der Waals surface area (Å²) in [6.45, 7) is 2.70. The van der Waals surface area contributed by atoms with Crippen LogP contribution in [0.2, 0.25) is 5.02 Å². The highest BCUT2D eigenvalue weighted by atomic mass is 35.5. The monoisotopic (exact) mass is 646 g/mol. The van der Waals surface area contributed by atoms with Crippen molar-refractivity contribution in [2.75, 3.05) is 43.1 Å². The van der Waals surface area contributed by atoms with Gasteiger partial charge in [0.2, 0.25) is 5.88 Å². The largest absolute Gasteiger partial charge is 0.508 e. The molecule has 2 bridgehead atoms. The predicted molar refractivity (Wildman–Crippen MR) is 159 cm³/mol. The summed E-state index contributed by atoms with van der Waals surface area (Å²) in [6.07, 6.45) is 1.99. The van der Waals surface area contributed by atoms with Crippen molar-refractivity contribution in [2.24, 2.45) is 0 Å². The van der Waals surface area contributed by atoms with E-state index in [4.69, 9.17) is 16.3 Å². The van der Waals surface area contributed by atoms with Crippen LogP contribution in [-0.2, 0) is 11.0 Å². The Morgan fingerprint density at radius 1 is 1.18 bits per heavy atom. The third-order valence-corrected chi connectivity index (χ3v) is 10.7. The second-order valence-corrected chi connectivity index (χ2v) is 13.3. The smallest absolute Gasteiger partial charge is 0.418 e. The van der Waals surface area contributed by atoms with Gasteiger partial charge in [0.15, 0.2) is 5.82 Å². The summed E-state index contributed by atoms with van der Waals surface area (Å²) in [6, 6.07) is 1.01. The lowest BCUT2D eigenvalue weighted by atomic mass is 9.95. The number of aromatic nitrogens is 2. The second-order valence-electron chi connectivity index (χ2n) is 12.9. The number of benzene rings is 1. The first-order valence-electron chi connectivity index (χ1n) is 15.3. The van der Waals surface area contributed by atoms with E-state index in [9.17, 15) is 23.1 Å². The molecule has 3 unspecified atom stereocenters. The number of ether oxygens (including phenoxy) is 1. The molecule has 0 spiro atoms. The molecule has 1 amide bonds. The van der Waals surface area contributed by atoms with Crippen molar-refractivity contribution in [1.82, 2.24) is 20.2 Å². The van der Waals surface area contributed by atoms with Gasteiger partial charge < -0.3 is 25.0 Å². The van der Waals surface area contributed by atoms with Crippen molar-refractivity contribution in [2.45, 2.75) is 68.4 Å². The zero-order valence-corrected chi connectivity index (χ0v) is 25.2. The number of carbonyl (C=O) groups excluding carboxylic acids is 1. The molecular formula is C31H31ClF4N6O3. The number of hydrogen-bond donors (Lipinski definition) is 2. The van der Waals surface area contributed by atoms with Gasteiger partial charge >= 0.3 is 6.18 Å². The summed E-state index contributed by atoms with van der Waals surface area (Å²) < 4.78 is 65.6. The fraction of sp³-hybridized carbons (Fsp3) is 0.516. The van der Waals surface area contributed by atoms with Crippen LogP contribution in [0.5, 0.6) is 11.6 Å². The SMILES string of the molecule is CN1C(=O)C2C3CCC(CN2c2c1c(OCC14CCCN1CCC4)nc1c(F)c(-c4cc(O)cc(Cl)c4C(F)(F)F)ncc21)N3. The van der Waals surface area contributed by atoms with Crippen LogP contribution in [0.15, 0.2) is 18.3 Å². The minimum atomic E-state index is -4.95. The lowest BCUT2D eigenvalue weighted by molar-refractivity contribution is -0.137. The highest BCUT2D eigenvalue weighted by Gasteiger charge is 2.51. The second kappa shape index (κ2) is 10.0. The zero-order valence-electron chi connectivity index (χ0n) is 24.4. The number of halogens is 5. The number of phenolic OH excluding ortho intramolecular Hbond substituents is 1. The normalized spacial score (nSPS) is 25.6. The maximum atomic E-state index is 16.7. The third kappa shape index (κ3) is 4.30. The highest BCUT2D eigenvalue weighted by Crippen LogP contribution is 2.51. The van der Waals surface area contributed by atoms with Crippen LogP contribution in [0.3, 0.4) is 0 Å². The number of piperazine rings is 1. The predicted octanol–water partition coefficient (Wildman–Crippen LogP) is 5.11. The Hall–Kier alpha value is -3.42. The lowest BCUT2D eigenvalue weighted by Gasteiger charge is -2.48. The van der Waals surface area contributed by atoms with Gasteiger partial charge in [0.25, 0.3) is 5.91 Å². The van der Waals surface area contributed by atoms with E-state index >= 15 is 4.39 Å². The number of fused-ring (bicyclic) bond motifs is 9. The average molecular weight is 647 g/mol. The summed E-state index contributed by atoms with van der Waals surface area (Å²) in [4.78, 5) is 28.5. The molecule has 1 aromatic carbocycles. The molecule has 45 heavy (non-hydrogen) atoms. The molecule has 4 fully saturated rings. The number of nitrogens with zero attached hydrogens (tertiary/aromatic N) is 5. The Morgan fingerprint density at radius 3 is 2.67 bits per heavy atom. The van der Waals surface area contributed by atoms with Gasteiger partial charge in [-0.3, -0.25) is 14.7 Å². The van der Waals surface area contributed by atoms with Gasteiger partial charge in [-0.2, -0.15) is 13.2 Å². The minimum Gasteiger partial charge on any atom is -0.508 e. The summed E-state index contributed by atoms with van der Waals surface area (Å²) in [7, 11) is 1.65. The number of aromatic hydroxyl groups is 1. The summed E-state index contributed by atoms with van der Waals surface area (Å²) >= 11 is 5.93. The maximum absolute atomic E-state index is 16.7. The molecular weight excluding hydrogens is 616 g/mol. The van der Waals surface area contributed by atoms with Crippen LogP contribution in [0.1, 0.15) is 44.1 Å². The molecule has 0 radical (unpaired) electrons. The molecule has 7 heterocycles. The van der Waals surface area contributed by atoms with E-state index in [-0.39, 0.29) is 46.9 Å². The summed E-state index contributed by atoms with van der Waals surface area (Å²) in [5.41, 5.74) is -2.16. The lowest BCUT2D eigenvalue weighted by Crippen LogP contribution is -2.66. The van der Waals surface area contributed by atoms with Crippen LogP contribution in [0.25, 0.3) is 22.2 Å². The van der Waals surface area contributed by atoms with Gasteiger partial charge in [0, 0.05) is 42.8 Å². The van der Waals surface area contributed by atoms with Gasteiger partial charge in [-0.05, 0) is 63.7 Å². The molecule has 0 aliphatic carbocycles. The molecule has 14 heteroatoms. The number of rotatable bonds is 4. The van der Waals surface area contributed by atoms with Gasteiger partial charge in [0.05, 0.1) is 21.8 Å². The quantitative estimate of drug-likeness (QED) is 0.378. The Bertz CT molecular complexity index is 1740. The molecule has 4 saturated heterocycles. The average Bonchev–Trinajstić information content (AvgIpc) is 3.67. The van der Waals surface area contributed by atoms with Gasteiger partial charge in [-0.25, -0.2) is 9.37 Å². The van der Waals surface area contributed by atoms with E-state index in [2.05, 4.69) is 20.2 Å². The molecule has 0 saturated carbocycles. The van der Waals surface area contributed by atoms with Gasteiger partial charge in [-0.1, -0.05) is 11.6 Å². The Kier molecular flexibility index (Phi) is 6.47. The fourth-order valence-corrected chi connectivity index (χ4v) is 8.73. The van der Waals surface area contributed by atoms with Crippen LogP contribution in [0, 0.1) is 5.82 Å². The van der Waals surface area contributed by atoms with E-state index < -0.39 is 45.6 Å². The van der Waals surface area contributed by atoms with Crippen molar-refractivity contribution < 1.29 is 32.2 Å². The van der Waals surface area contributed by atoms with Gasteiger partial charge in [0.1, 0.15) is 35.3 Å². The number of phenols is 1. The standard InChI is InChI=1S/C31H31ClF4N6O3/c1-40-27-25(42-13-15-4-5-20(38-15)26(42)29(40)44)18-12-37-23(17-10-16(43)11-19(32)21(17)31(34,35)36)22(33)24(18)39-28(27)45-14-30-6-2-8-41(30)9-3-7-30/h10-12,15,20,26,38,43H,2-9,13-14H2,1H3. The first-order valence-corrected chi connectivity index (χ1v) is 15.6. The summed E-state index contributed by atoms with van der Waals surface area (Å²) in [5, 5.41) is 13.1. The Morgan fingerprint density at radius 2 is 1.93 bits per heavy atom. The number of anilines is 2. The molecule has 9 nitrogen and oxygen atoms in total. The van der Waals surface area contributed by atoms with Crippen molar-refractivity contribution in [3.8, 4) is 22.9 Å². The molecule has 3 atom stereocenters. The number of alkyl halides is 3. The van der Waals surface area contributed by atoms with Crippen molar-refractivity contribution in [1.29, 1.82) is 0 Å². The molecule has 5 aliphatic rings. The number of amides is 1. The third-order valence-electron chi connectivity index (χ3n) is 10.4. The van der Waals surface area contributed by atoms with E-state index in [1.165, 1.54) is 11.1 Å². The molecule has 238 valence electrons. The minimum absolute atomic E-state index is 0.0480. The van der Waals surface area contributed by atoms with Gasteiger partial charge in [-0.15, -0.1) is 0 Å². The number of pyridine rings is 2. The number of likely N-dealkylation sites (N-methyl/N-ethyl adjacent to an activating group) is 1. The van der Waals surface area contributed by atoms with E-state index in [0.717, 1.165) is 63.7 Å². The Labute approximate surface area is 261 Å². The topological polar surface area (TPSA) is 94.1 Å². The molecule has 5 aliphatic heterocycles. The summed E-state index contributed by atoms with van der Waals surface area (Å²) in [5.74, 6) is -1.76. The number of hydrogen-bond acceptors (Lipinski definition) is 8. The van der Waals surface area contributed by atoms with E-state index in [0.29, 0.717) is 17.9 Å². The maximum Gasteiger partial charge on any atom is 0.418 e. The molecule has 2 N–H and O–H groups in total. The van der Waals surface area contributed by atoms with Crippen molar-refractivity contribution >= 4 is 39.8 Å². The number of carbonyl (C=O) groups is 1. The zero-order chi connectivity index (χ0) is 31.4. The van der Waals surface area contributed by atoms with E-state index in [1.54, 1.807) is 7.05 Å². The highest BCUT2D eigenvalue weighted by molar-refractivity contribution is 6.32. The molecule has 8 rings (SSSR count). The first kappa shape index (κ1) is 29.0.